The van der Waals surface area contributed by atoms with Crippen LogP contribution >= 0.6 is 46.3 Å². The van der Waals surface area contributed by atoms with Gasteiger partial charge < -0.3 is 4.57 Å². The zero-order valence-electron chi connectivity index (χ0n) is 13.3. The first-order chi connectivity index (χ1) is 12.0. The molecule has 0 fully saturated rings. The molecular formula is C18H14Cl2N2OS2. The van der Waals surface area contributed by atoms with Gasteiger partial charge in [-0.1, -0.05) is 46.7 Å². The van der Waals surface area contributed by atoms with Crippen LogP contribution in [0.2, 0.25) is 10.0 Å². The molecule has 1 amide bonds. The van der Waals surface area contributed by atoms with Crippen molar-refractivity contribution < 1.29 is 4.79 Å². The molecule has 0 radical (unpaired) electrons. The van der Waals surface area contributed by atoms with Crippen molar-refractivity contribution in [2.45, 2.75) is 11.4 Å². The number of thioether (sulfide) groups is 1. The van der Waals surface area contributed by atoms with Gasteiger partial charge in [-0.15, -0.1) is 18.3 Å². The van der Waals surface area contributed by atoms with E-state index in [0.29, 0.717) is 27.0 Å². The average molecular weight is 409 g/mol. The van der Waals surface area contributed by atoms with Gasteiger partial charge >= 0.3 is 0 Å². The fraction of sp³-hybridized carbons (Fsp3) is 0.111. The van der Waals surface area contributed by atoms with Crippen molar-refractivity contribution in [3.8, 4) is 0 Å². The van der Waals surface area contributed by atoms with E-state index in [9.17, 15) is 4.79 Å². The Morgan fingerprint density at radius 2 is 2.08 bits per heavy atom. The lowest BCUT2D eigenvalue weighted by Crippen LogP contribution is -2.16. The minimum Gasteiger partial charge on any atom is -0.311 e. The standard InChI is InChI=1S/C18H14Cl2N2OS2/c1-3-9-22-15-13(19)7-8-14(20)16(15)25-18(22)21-17(23)11-5-4-6-12(10-11)24-2/h3-8,10H,1,9H2,2H3. The van der Waals surface area contributed by atoms with Crippen LogP contribution in [0.1, 0.15) is 10.4 Å². The molecule has 3 nitrogen and oxygen atoms in total. The van der Waals surface area contributed by atoms with Gasteiger partial charge in [-0.05, 0) is 36.6 Å². The summed E-state index contributed by atoms with van der Waals surface area (Å²) in [6.07, 6.45) is 3.70. The first kappa shape index (κ1) is 18.3. The van der Waals surface area contributed by atoms with Gasteiger partial charge in [0.25, 0.3) is 5.91 Å². The molecule has 0 aliphatic heterocycles. The number of thiazole rings is 1. The molecule has 0 aliphatic carbocycles. The predicted molar refractivity (Wildman–Crippen MR) is 108 cm³/mol. The third-order valence-electron chi connectivity index (χ3n) is 3.55. The molecule has 1 heterocycles. The Bertz CT molecular complexity index is 1040. The maximum absolute atomic E-state index is 12.6. The third-order valence-corrected chi connectivity index (χ3v) is 6.12. The second-order valence-electron chi connectivity index (χ2n) is 5.14. The van der Waals surface area contributed by atoms with Gasteiger partial charge in [0.1, 0.15) is 0 Å². The highest BCUT2D eigenvalue weighted by Crippen LogP contribution is 2.32. The molecular weight excluding hydrogens is 395 g/mol. The number of allylic oxidation sites excluding steroid dienone is 1. The van der Waals surface area contributed by atoms with Crippen molar-refractivity contribution in [1.82, 2.24) is 4.57 Å². The fourth-order valence-electron chi connectivity index (χ4n) is 2.40. The number of nitrogens with zero attached hydrogens (tertiary/aromatic N) is 2. The molecule has 25 heavy (non-hydrogen) atoms. The molecule has 0 bridgehead atoms. The molecule has 0 spiro atoms. The fourth-order valence-corrected chi connectivity index (χ4v) is 4.52. The van der Waals surface area contributed by atoms with Gasteiger partial charge in [-0.3, -0.25) is 4.79 Å². The van der Waals surface area contributed by atoms with Gasteiger partial charge in [0, 0.05) is 17.0 Å². The van der Waals surface area contributed by atoms with Crippen molar-refractivity contribution in [2.24, 2.45) is 4.99 Å². The van der Waals surface area contributed by atoms with E-state index in [2.05, 4.69) is 11.6 Å². The summed E-state index contributed by atoms with van der Waals surface area (Å²) in [6, 6.07) is 10.9. The molecule has 0 unspecified atom stereocenters. The number of rotatable bonds is 4. The second kappa shape index (κ2) is 7.79. The Hall–Kier alpha value is -1.53. The maximum Gasteiger partial charge on any atom is 0.279 e. The van der Waals surface area contributed by atoms with E-state index in [1.807, 2.05) is 29.0 Å². The molecule has 1 aromatic heterocycles. The molecule has 0 N–H and O–H groups in total. The minimum absolute atomic E-state index is 0.299. The Kier molecular flexibility index (Phi) is 5.69. The highest BCUT2D eigenvalue weighted by atomic mass is 35.5. The Balaban J connectivity index is 2.20. The number of amides is 1. The van der Waals surface area contributed by atoms with Crippen molar-refractivity contribution in [2.75, 3.05) is 6.26 Å². The summed E-state index contributed by atoms with van der Waals surface area (Å²) < 4.78 is 2.66. The van der Waals surface area contributed by atoms with Gasteiger partial charge in [0.15, 0.2) is 4.80 Å². The molecule has 3 rings (SSSR count). The number of halogens is 2. The van der Waals surface area contributed by atoms with E-state index in [4.69, 9.17) is 23.2 Å². The number of hydrogen-bond acceptors (Lipinski definition) is 3. The number of fused-ring (bicyclic) bond motifs is 1. The van der Waals surface area contributed by atoms with Crippen LogP contribution in [-0.2, 0) is 6.54 Å². The third kappa shape index (κ3) is 3.70. The van der Waals surface area contributed by atoms with Crippen molar-refractivity contribution in [3.63, 3.8) is 0 Å². The first-order valence-corrected chi connectivity index (χ1v) is 10.2. The first-order valence-electron chi connectivity index (χ1n) is 7.36. The summed E-state index contributed by atoms with van der Waals surface area (Å²) in [5.41, 5.74) is 1.31. The monoisotopic (exact) mass is 408 g/mol. The number of carbonyl (C=O) groups is 1. The Morgan fingerprint density at radius 3 is 2.80 bits per heavy atom. The molecule has 0 saturated carbocycles. The highest BCUT2D eigenvalue weighted by molar-refractivity contribution is 7.98. The van der Waals surface area contributed by atoms with Gasteiger partial charge in [0.2, 0.25) is 0 Å². The summed E-state index contributed by atoms with van der Waals surface area (Å²) in [7, 11) is 0. The number of carbonyl (C=O) groups excluding carboxylic acids is 1. The van der Waals surface area contributed by atoms with E-state index in [0.717, 1.165) is 15.1 Å². The SMILES string of the molecule is C=CCn1c(=NC(=O)c2cccc(SC)c2)sc2c(Cl)ccc(Cl)c21. The van der Waals surface area contributed by atoms with Crippen LogP contribution in [0.5, 0.6) is 0 Å². The molecule has 128 valence electrons. The lowest BCUT2D eigenvalue weighted by atomic mass is 10.2. The zero-order chi connectivity index (χ0) is 18.0. The average Bonchev–Trinajstić information content (AvgIpc) is 2.98. The second-order valence-corrected chi connectivity index (χ2v) is 7.81. The van der Waals surface area contributed by atoms with Crippen LogP contribution in [0.25, 0.3) is 10.2 Å². The van der Waals surface area contributed by atoms with E-state index >= 15 is 0 Å². The zero-order valence-corrected chi connectivity index (χ0v) is 16.5. The van der Waals surface area contributed by atoms with Crippen LogP contribution in [0.4, 0.5) is 0 Å². The molecule has 3 aromatic rings. The summed E-state index contributed by atoms with van der Waals surface area (Å²) in [4.78, 5) is 18.5. The largest absolute Gasteiger partial charge is 0.311 e. The van der Waals surface area contributed by atoms with Crippen LogP contribution in [-0.4, -0.2) is 16.7 Å². The van der Waals surface area contributed by atoms with Crippen molar-refractivity contribution in [3.05, 3.63) is 69.5 Å². The maximum atomic E-state index is 12.6. The molecule has 7 heteroatoms. The van der Waals surface area contributed by atoms with E-state index in [-0.39, 0.29) is 5.91 Å². The smallest absolute Gasteiger partial charge is 0.279 e. The Morgan fingerprint density at radius 1 is 1.32 bits per heavy atom. The minimum atomic E-state index is -0.299. The molecule has 2 aromatic carbocycles. The topological polar surface area (TPSA) is 34.4 Å². The number of aromatic nitrogens is 1. The number of hydrogen-bond donors (Lipinski definition) is 0. The lowest BCUT2D eigenvalue weighted by Gasteiger charge is -2.03. The summed E-state index contributed by atoms with van der Waals surface area (Å²) in [6.45, 7) is 4.26. The van der Waals surface area contributed by atoms with E-state index in [1.165, 1.54) is 11.3 Å². The quantitative estimate of drug-likeness (QED) is 0.412. The van der Waals surface area contributed by atoms with Crippen molar-refractivity contribution >= 4 is 62.4 Å². The summed E-state index contributed by atoms with van der Waals surface area (Å²) in [5, 5.41) is 1.15. The number of benzene rings is 2. The molecule has 0 saturated heterocycles. The van der Waals surface area contributed by atoms with Crippen molar-refractivity contribution in [1.29, 1.82) is 0 Å². The van der Waals surface area contributed by atoms with E-state index in [1.54, 1.807) is 36.0 Å². The van der Waals surface area contributed by atoms with Gasteiger partial charge in [-0.25, -0.2) is 0 Å². The molecule has 0 atom stereocenters. The van der Waals surface area contributed by atoms with Crippen LogP contribution < -0.4 is 4.80 Å². The van der Waals surface area contributed by atoms with E-state index < -0.39 is 0 Å². The Labute approximate surface area is 163 Å². The van der Waals surface area contributed by atoms with Crippen LogP contribution in [0, 0.1) is 0 Å². The summed E-state index contributed by atoms with van der Waals surface area (Å²) in [5.74, 6) is -0.299. The highest BCUT2D eigenvalue weighted by Gasteiger charge is 2.13. The van der Waals surface area contributed by atoms with Crippen LogP contribution in [0.15, 0.2) is 58.9 Å². The molecule has 0 aliphatic rings. The predicted octanol–water partition coefficient (Wildman–Crippen LogP) is 5.66. The lowest BCUT2D eigenvalue weighted by molar-refractivity contribution is 0.0997. The summed E-state index contributed by atoms with van der Waals surface area (Å²) >= 11 is 15.6. The van der Waals surface area contributed by atoms with Gasteiger partial charge in [-0.2, -0.15) is 4.99 Å². The van der Waals surface area contributed by atoms with Gasteiger partial charge in [0.05, 0.1) is 20.3 Å². The normalized spacial score (nSPS) is 11.9. The van der Waals surface area contributed by atoms with Crippen LogP contribution in [0.3, 0.4) is 0 Å².